The molecule has 0 amide bonds. The van der Waals surface area contributed by atoms with E-state index >= 15 is 0 Å². The van der Waals surface area contributed by atoms with Gasteiger partial charge in [0.15, 0.2) is 0 Å². The zero-order valence-corrected chi connectivity index (χ0v) is 31.2. The van der Waals surface area contributed by atoms with E-state index in [-0.39, 0.29) is 0 Å². The molecule has 9 aromatic rings. The Hall–Kier alpha value is -5.98. The van der Waals surface area contributed by atoms with Crippen LogP contribution in [0.2, 0.25) is 0 Å². The lowest BCUT2D eigenvalue weighted by Gasteiger charge is -2.23. The van der Waals surface area contributed by atoms with Crippen molar-refractivity contribution in [2.24, 2.45) is 0 Å². The highest BCUT2D eigenvalue weighted by Gasteiger charge is 2.18. The van der Waals surface area contributed by atoms with Crippen molar-refractivity contribution in [2.75, 3.05) is 9.80 Å². The summed E-state index contributed by atoms with van der Waals surface area (Å²) in [4.78, 5) is 9.71. The van der Waals surface area contributed by atoms with E-state index < -0.39 is 0 Å². The average molecular weight is 735 g/mol. The lowest BCUT2D eigenvalue weighted by atomic mass is 10.1. The fourth-order valence-electron chi connectivity index (χ4n) is 6.57. The number of hydrogen-bond donors (Lipinski definition) is 0. The number of anilines is 6. The van der Waals surface area contributed by atoms with E-state index in [0.29, 0.717) is 0 Å². The average Bonchev–Trinajstić information content (AvgIpc) is 4.03. The van der Waals surface area contributed by atoms with Crippen molar-refractivity contribution in [3.63, 3.8) is 0 Å². The number of thiophene rings is 3. The van der Waals surface area contributed by atoms with Crippen LogP contribution in [0.15, 0.2) is 206 Å². The standard InChI is InChI=1S/C48H34N2S3/c1-5-13-35(14-6-1)45-31-33-47(52-45)49(39-17-9-3-10-18-39)41-25-21-37(22-26-41)43-29-30-44(51-43)38-23-27-42(28-24-38)50(40-19-11-4-12-20-40)48-34-32-46(53-48)36-15-7-2-8-16-36/h1-34H. The molecular weight excluding hydrogens is 701 g/mol. The molecule has 3 heterocycles. The predicted octanol–water partition coefficient (Wildman–Crippen LogP) is 15.5. The topological polar surface area (TPSA) is 6.48 Å². The smallest absolute Gasteiger partial charge is 0.101 e. The largest absolute Gasteiger partial charge is 0.302 e. The van der Waals surface area contributed by atoms with Crippen molar-refractivity contribution in [1.82, 2.24) is 0 Å². The summed E-state index contributed by atoms with van der Waals surface area (Å²) in [6, 6.07) is 73.8. The summed E-state index contributed by atoms with van der Waals surface area (Å²) in [7, 11) is 0. The number of para-hydroxylation sites is 2. The van der Waals surface area contributed by atoms with Crippen molar-refractivity contribution in [3.8, 4) is 41.8 Å². The number of hydrogen-bond acceptors (Lipinski definition) is 5. The third kappa shape index (κ3) is 6.98. The van der Waals surface area contributed by atoms with E-state index in [1.807, 2.05) is 34.0 Å². The van der Waals surface area contributed by atoms with Crippen LogP contribution in [-0.2, 0) is 0 Å². The van der Waals surface area contributed by atoms with Crippen LogP contribution in [0.4, 0.5) is 32.8 Å². The highest BCUT2D eigenvalue weighted by molar-refractivity contribution is 7.20. The number of benzene rings is 6. The molecule has 0 aliphatic rings. The van der Waals surface area contributed by atoms with Gasteiger partial charge < -0.3 is 9.80 Å². The van der Waals surface area contributed by atoms with Gasteiger partial charge in [0.1, 0.15) is 10.0 Å². The summed E-state index contributed by atoms with van der Waals surface area (Å²) < 4.78 is 0. The monoisotopic (exact) mass is 734 g/mol. The van der Waals surface area contributed by atoms with E-state index in [0.717, 1.165) is 22.7 Å². The van der Waals surface area contributed by atoms with Crippen molar-refractivity contribution in [2.45, 2.75) is 0 Å². The normalized spacial score (nSPS) is 11.0. The Kier molecular flexibility index (Phi) is 9.27. The first-order valence-corrected chi connectivity index (χ1v) is 20.0. The molecule has 0 spiro atoms. The number of nitrogens with zero attached hydrogens (tertiary/aromatic N) is 2. The molecule has 0 unspecified atom stereocenters. The minimum atomic E-state index is 1.14. The van der Waals surface area contributed by atoms with E-state index in [4.69, 9.17) is 0 Å². The quantitative estimate of drug-likeness (QED) is 0.138. The summed E-state index contributed by atoms with van der Waals surface area (Å²) in [5.74, 6) is 0. The van der Waals surface area contributed by atoms with Crippen molar-refractivity contribution in [3.05, 3.63) is 206 Å². The lowest BCUT2D eigenvalue weighted by Crippen LogP contribution is -2.07. The van der Waals surface area contributed by atoms with Crippen LogP contribution >= 0.6 is 34.0 Å². The van der Waals surface area contributed by atoms with Crippen LogP contribution in [0.5, 0.6) is 0 Å². The molecule has 6 aromatic carbocycles. The van der Waals surface area contributed by atoms with Crippen LogP contribution in [0, 0.1) is 0 Å². The van der Waals surface area contributed by atoms with Gasteiger partial charge >= 0.3 is 0 Å². The molecule has 53 heavy (non-hydrogen) atoms. The summed E-state index contributed by atoms with van der Waals surface area (Å²) in [5.41, 5.74) is 9.47. The molecule has 0 fully saturated rings. The van der Waals surface area contributed by atoms with E-state index in [1.54, 1.807) is 0 Å². The molecule has 0 saturated carbocycles. The van der Waals surface area contributed by atoms with Crippen LogP contribution in [0.25, 0.3) is 41.8 Å². The molecule has 0 N–H and O–H groups in total. The Morgan fingerprint density at radius 2 is 0.509 bits per heavy atom. The van der Waals surface area contributed by atoms with Gasteiger partial charge in [-0.05, 0) is 107 Å². The zero-order chi connectivity index (χ0) is 35.4. The van der Waals surface area contributed by atoms with Crippen LogP contribution in [-0.4, -0.2) is 0 Å². The van der Waals surface area contributed by atoms with Gasteiger partial charge in [-0.1, -0.05) is 121 Å². The Bertz CT molecular complexity index is 2360. The second kappa shape index (κ2) is 14.9. The van der Waals surface area contributed by atoms with E-state index in [9.17, 15) is 0 Å². The number of rotatable bonds is 10. The van der Waals surface area contributed by atoms with Gasteiger partial charge in [-0.3, -0.25) is 0 Å². The van der Waals surface area contributed by atoms with Gasteiger partial charge in [-0.25, -0.2) is 0 Å². The van der Waals surface area contributed by atoms with Crippen LogP contribution in [0.1, 0.15) is 0 Å². The van der Waals surface area contributed by atoms with Gasteiger partial charge in [0, 0.05) is 42.3 Å². The second-order valence-electron chi connectivity index (χ2n) is 12.6. The Morgan fingerprint density at radius 3 is 0.887 bits per heavy atom. The van der Waals surface area contributed by atoms with Gasteiger partial charge in [0.25, 0.3) is 0 Å². The second-order valence-corrected chi connectivity index (χ2v) is 15.8. The predicted molar refractivity (Wildman–Crippen MR) is 231 cm³/mol. The van der Waals surface area contributed by atoms with Gasteiger partial charge in [0.2, 0.25) is 0 Å². The maximum Gasteiger partial charge on any atom is 0.101 e. The molecule has 0 aliphatic heterocycles. The minimum Gasteiger partial charge on any atom is -0.302 e. The molecule has 0 saturated heterocycles. The maximum atomic E-state index is 2.35. The lowest BCUT2D eigenvalue weighted by molar-refractivity contribution is 1.32. The molecule has 254 valence electrons. The summed E-state index contributed by atoms with van der Waals surface area (Å²) in [6.45, 7) is 0. The van der Waals surface area contributed by atoms with Crippen molar-refractivity contribution < 1.29 is 0 Å². The van der Waals surface area contributed by atoms with E-state index in [2.05, 4.69) is 216 Å². The molecule has 9 rings (SSSR count). The molecule has 0 aliphatic carbocycles. The fourth-order valence-corrected chi connectivity index (χ4v) is 9.69. The van der Waals surface area contributed by atoms with Gasteiger partial charge in [-0.2, -0.15) is 0 Å². The van der Waals surface area contributed by atoms with Crippen LogP contribution in [0.3, 0.4) is 0 Å². The fraction of sp³-hybridized carbons (Fsp3) is 0. The molecule has 0 atom stereocenters. The third-order valence-electron chi connectivity index (χ3n) is 9.20. The molecule has 2 nitrogen and oxygen atoms in total. The van der Waals surface area contributed by atoms with E-state index in [1.165, 1.54) is 51.8 Å². The molecule has 5 heteroatoms. The van der Waals surface area contributed by atoms with Crippen molar-refractivity contribution >= 4 is 66.8 Å². The zero-order valence-electron chi connectivity index (χ0n) is 28.7. The van der Waals surface area contributed by atoms with Crippen molar-refractivity contribution in [1.29, 1.82) is 0 Å². The summed E-state index contributed by atoms with van der Waals surface area (Å²) in [5, 5.41) is 2.37. The molecule has 3 aromatic heterocycles. The molecule has 0 bridgehead atoms. The first-order valence-electron chi connectivity index (χ1n) is 17.6. The third-order valence-corrected chi connectivity index (χ3v) is 12.6. The highest BCUT2D eigenvalue weighted by atomic mass is 32.1. The molecule has 0 radical (unpaired) electrons. The molecular formula is C48H34N2S3. The first kappa shape index (κ1) is 32.9. The Morgan fingerprint density at radius 1 is 0.226 bits per heavy atom. The SMILES string of the molecule is c1ccc(-c2ccc(N(c3ccccc3)c3ccc(-c4ccc(-c5ccc(N(c6ccccc6)c6ccc(-c7ccccc7)s6)cc5)s4)cc3)s2)cc1. The van der Waals surface area contributed by atoms with Gasteiger partial charge in [0.05, 0.1) is 0 Å². The summed E-state index contributed by atoms with van der Waals surface area (Å²) in [6.07, 6.45) is 0. The van der Waals surface area contributed by atoms with Crippen LogP contribution < -0.4 is 9.80 Å². The Labute approximate surface area is 322 Å². The Balaban J connectivity index is 0.973. The van der Waals surface area contributed by atoms with Gasteiger partial charge in [-0.15, -0.1) is 34.0 Å². The summed E-state index contributed by atoms with van der Waals surface area (Å²) >= 11 is 5.45. The first-order chi connectivity index (χ1) is 26.3. The minimum absolute atomic E-state index is 1.14. The maximum absolute atomic E-state index is 2.35. The highest BCUT2D eigenvalue weighted by Crippen LogP contribution is 2.44.